The molecule has 0 bridgehead atoms. The average molecular weight is 538 g/mol. The largest absolute Gasteiger partial charge is 0.478 e. The molecule has 1 atom stereocenters. The van der Waals surface area contributed by atoms with E-state index in [2.05, 4.69) is 12.0 Å². The molecule has 0 aliphatic heterocycles. The maximum atomic E-state index is 13.3. The lowest BCUT2D eigenvalue weighted by molar-refractivity contribution is -0.152. The number of unbranched alkanes of at least 4 members (excludes halogenated alkanes) is 4. The van der Waals surface area contributed by atoms with Gasteiger partial charge >= 0.3 is 17.6 Å². The van der Waals surface area contributed by atoms with Crippen LogP contribution < -0.4 is 10.4 Å². The Morgan fingerprint density at radius 3 is 2.26 bits per heavy atom. The van der Waals surface area contributed by atoms with Crippen LogP contribution in [0.1, 0.15) is 93.2 Å². The van der Waals surface area contributed by atoms with Crippen molar-refractivity contribution in [3.8, 4) is 5.75 Å². The smallest absolute Gasteiger partial charge is 0.347 e. The zero-order chi connectivity index (χ0) is 28.6. The van der Waals surface area contributed by atoms with E-state index >= 15 is 0 Å². The minimum atomic E-state index is -1.41. The molecular weight excluding hydrogens is 498 g/mol. The predicted octanol–water partition coefficient (Wildman–Crippen LogP) is 5.53. The summed E-state index contributed by atoms with van der Waals surface area (Å²) in [6.07, 6.45) is 4.47. The maximum absolute atomic E-state index is 13.3. The zero-order valence-corrected chi connectivity index (χ0v) is 23.5. The Morgan fingerprint density at radius 2 is 1.64 bits per heavy atom. The van der Waals surface area contributed by atoms with Crippen LogP contribution in [0.4, 0.5) is 0 Å². The van der Waals surface area contributed by atoms with Crippen LogP contribution in [0, 0.1) is 6.92 Å². The normalized spacial score (nSPS) is 12.2. The lowest BCUT2D eigenvalue weighted by Crippen LogP contribution is -2.37. The molecule has 0 radical (unpaired) electrons. The number of benzene rings is 2. The quantitative estimate of drug-likeness (QED) is 0.212. The fourth-order valence-corrected chi connectivity index (χ4v) is 4.09. The van der Waals surface area contributed by atoms with E-state index in [0.717, 1.165) is 43.2 Å². The third kappa shape index (κ3) is 8.05. The molecule has 0 aliphatic rings. The van der Waals surface area contributed by atoms with E-state index in [1.807, 2.05) is 31.2 Å². The predicted molar refractivity (Wildman–Crippen MR) is 148 cm³/mol. The summed E-state index contributed by atoms with van der Waals surface area (Å²) in [4.78, 5) is 37.5. The van der Waals surface area contributed by atoms with Crippen LogP contribution in [0.5, 0.6) is 5.75 Å². The monoisotopic (exact) mass is 537 g/mol. The molecule has 0 saturated carbocycles. The number of esters is 1. The Hall–Kier alpha value is -3.88. The van der Waals surface area contributed by atoms with E-state index in [-0.39, 0.29) is 11.3 Å². The van der Waals surface area contributed by atoms with Gasteiger partial charge in [-0.1, -0.05) is 62.4 Å². The summed E-state index contributed by atoms with van der Waals surface area (Å²) >= 11 is 0. The Kier molecular flexibility index (Phi) is 10.1. The lowest BCUT2D eigenvalue weighted by atomic mass is 10.1. The average Bonchev–Trinajstić information content (AvgIpc) is 3.20. The lowest BCUT2D eigenvalue weighted by Gasteiger charge is -2.21. The van der Waals surface area contributed by atoms with E-state index in [1.165, 1.54) is 42.8 Å². The van der Waals surface area contributed by atoms with Gasteiger partial charge in [-0.05, 0) is 63.9 Å². The van der Waals surface area contributed by atoms with Crippen LogP contribution >= 0.6 is 0 Å². The van der Waals surface area contributed by atoms with Crippen molar-refractivity contribution in [2.24, 2.45) is 0 Å². The van der Waals surface area contributed by atoms with Gasteiger partial charge in [-0.2, -0.15) is 5.10 Å². The molecular formula is C30H39N3O6. The summed E-state index contributed by atoms with van der Waals surface area (Å²) in [5, 5.41) is 13.8. The summed E-state index contributed by atoms with van der Waals surface area (Å²) in [6, 6.07) is 14.0. The number of hydrogen-bond acceptors (Lipinski definition) is 6. The second-order valence-corrected chi connectivity index (χ2v) is 10.3. The number of carbonyl (C=O) groups excluding carboxylic acids is 1. The fourth-order valence-electron chi connectivity index (χ4n) is 4.09. The van der Waals surface area contributed by atoms with Crippen molar-refractivity contribution >= 4 is 11.9 Å². The first-order valence-electron chi connectivity index (χ1n) is 13.5. The minimum Gasteiger partial charge on any atom is -0.478 e. The molecule has 210 valence electrons. The third-order valence-electron chi connectivity index (χ3n) is 6.52. The van der Waals surface area contributed by atoms with Gasteiger partial charge in [0.2, 0.25) is 0 Å². The Balaban J connectivity index is 1.77. The number of aryl methyl sites for hydroxylation is 1. The summed E-state index contributed by atoms with van der Waals surface area (Å²) in [6.45, 7) is 9.58. The number of aromatic nitrogens is 3. The van der Waals surface area contributed by atoms with Crippen LogP contribution in [0.3, 0.4) is 0 Å². The first-order valence-corrected chi connectivity index (χ1v) is 13.5. The fraction of sp³-hybridized carbons (Fsp3) is 0.467. The summed E-state index contributed by atoms with van der Waals surface area (Å²) in [5.74, 6) is -0.961. The number of ether oxygens (including phenoxy) is 2. The molecule has 39 heavy (non-hydrogen) atoms. The van der Waals surface area contributed by atoms with E-state index in [9.17, 15) is 19.5 Å². The van der Waals surface area contributed by atoms with Crippen LogP contribution in [0.2, 0.25) is 0 Å². The summed E-state index contributed by atoms with van der Waals surface area (Å²) < 4.78 is 14.2. The molecule has 0 spiro atoms. The van der Waals surface area contributed by atoms with Gasteiger partial charge in [-0.3, -0.25) is 4.57 Å². The van der Waals surface area contributed by atoms with Gasteiger partial charge < -0.3 is 14.6 Å². The number of rotatable bonds is 14. The highest BCUT2D eigenvalue weighted by Crippen LogP contribution is 2.22. The first kappa shape index (κ1) is 29.7. The zero-order valence-electron chi connectivity index (χ0n) is 23.5. The molecule has 1 aromatic heterocycles. The molecule has 0 fully saturated rings. The molecule has 1 unspecified atom stereocenters. The van der Waals surface area contributed by atoms with E-state index in [4.69, 9.17) is 9.47 Å². The maximum Gasteiger partial charge on any atom is 0.347 e. The molecule has 9 nitrogen and oxygen atoms in total. The topological polar surface area (TPSA) is 113 Å². The molecule has 3 rings (SSSR count). The van der Waals surface area contributed by atoms with Crippen molar-refractivity contribution in [3.63, 3.8) is 0 Å². The number of carboxylic acid groups (broad SMARTS) is 1. The Bertz CT molecular complexity index is 1310. The Labute approximate surface area is 229 Å². The number of nitrogens with zero attached hydrogens (tertiary/aromatic N) is 3. The van der Waals surface area contributed by atoms with Gasteiger partial charge in [0.25, 0.3) is 0 Å². The molecule has 0 aliphatic carbocycles. The van der Waals surface area contributed by atoms with Crippen molar-refractivity contribution in [3.05, 3.63) is 81.5 Å². The van der Waals surface area contributed by atoms with Gasteiger partial charge in [-0.15, -0.1) is 0 Å². The van der Waals surface area contributed by atoms with E-state index < -0.39 is 23.6 Å². The van der Waals surface area contributed by atoms with Gasteiger partial charge in [0, 0.05) is 6.54 Å². The van der Waals surface area contributed by atoms with Crippen molar-refractivity contribution < 1.29 is 24.2 Å². The molecule has 3 aromatic rings. The Morgan fingerprint density at radius 1 is 1.00 bits per heavy atom. The van der Waals surface area contributed by atoms with Crippen molar-refractivity contribution in [2.75, 3.05) is 0 Å². The highest BCUT2D eigenvalue weighted by Gasteiger charge is 2.29. The molecule has 0 amide bonds. The SMILES string of the molecule is CCCCCCCn1c(C(C)OC(=O)c2ccc(OC(C)(C)C(=O)O)cc2)nn(Cc2ccc(C)cc2)c1=O. The van der Waals surface area contributed by atoms with Crippen LogP contribution in [0.15, 0.2) is 53.3 Å². The molecule has 0 saturated heterocycles. The van der Waals surface area contributed by atoms with Crippen molar-refractivity contribution in [1.29, 1.82) is 0 Å². The van der Waals surface area contributed by atoms with Crippen molar-refractivity contribution in [1.82, 2.24) is 14.3 Å². The number of carbonyl (C=O) groups is 2. The van der Waals surface area contributed by atoms with Gasteiger partial charge in [0.05, 0.1) is 12.1 Å². The number of aliphatic carboxylic acids is 1. The highest BCUT2D eigenvalue weighted by atomic mass is 16.5. The van der Waals surface area contributed by atoms with Crippen LogP contribution in [-0.2, 0) is 22.6 Å². The standard InChI is InChI=1S/C30H39N3O6/c1-6-7-8-9-10-19-32-26(31-33(29(32)37)20-23-13-11-21(2)12-14-23)22(3)38-27(34)24-15-17-25(18-16-24)39-30(4,5)28(35)36/h11-18,22H,6-10,19-20H2,1-5H3,(H,35,36). The van der Waals surface area contributed by atoms with Gasteiger partial charge in [0.15, 0.2) is 17.5 Å². The second kappa shape index (κ2) is 13.3. The van der Waals surface area contributed by atoms with Gasteiger partial charge in [-0.25, -0.2) is 19.1 Å². The highest BCUT2D eigenvalue weighted by molar-refractivity contribution is 5.89. The number of carboxylic acids is 1. The molecule has 9 heteroatoms. The second-order valence-electron chi connectivity index (χ2n) is 10.3. The molecule has 1 heterocycles. The van der Waals surface area contributed by atoms with E-state index in [0.29, 0.717) is 24.7 Å². The van der Waals surface area contributed by atoms with Gasteiger partial charge in [0.1, 0.15) is 5.75 Å². The minimum absolute atomic E-state index is 0.230. The van der Waals surface area contributed by atoms with Crippen LogP contribution in [-0.4, -0.2) is 37.0 Å². The molecule has 2 aromatic carbocycles. The van der Waals surface area contributed by atoms with E-state index in [1.54, 1.807) is 11.5 Å². The van der Waals surface area contributed by atoms with Crippen LogP contribution in [0.25, 0.3) is 0 Å². The van der Waals surface area contributed by atoms with Crippen molar-refractivity contribution in [2.45, 2.75) is 91.5 Å². The first-order chi connectivity index (χ1) is 18.5. The summed E-state index contributed by atoms with van der Waals surface area (Å²) in [5.41, 5.74) is 0.727. The summed E-state index contributed by atoms with van der Waals surface area (Å²) in [7, 11) is 0. The third-order valence-corrected chi connectivity index (χ3v) is 6.52. The number of hydrogen-bond donors (Lipinski definition) is 1. The molecule has 1 N–H and O–H groups in total.